The Morgan fingerprint density at radius 2 is 2.29 bits per heavy atom. The van der Waals surface area contributed by atoms with Gasteiger partial charge < -0.3 is 10.6 Å². The number of carbonyl (C=O) groups excluding carboxylic acids is 2. The lowest BCUT2D eigenvalue weighted by Crippen LogP contribution is -2.40. The molecule has 0 saturated carbocycles. The molecule has 0 aromatic heterocycles. The fourth-order valence-corrected chi connectivity index (χ4v) is 2.18. The van der Waals surface area contributed by atoms with Gasteiger partial charge in [-0.15, -0.1) is 0 Å². The summed E-state index contributed by atoms with van der Waals surface area (Å²) in [5, 5.41) is 0. The van der Waals surface area contributed by atoms with Crippen LogP contribution in [-0.2, 0) is 4.79 Å². The van der Waals surface area contributed by atoms with Gasteiger partial charge in [0.1, 0.15) is 18.1 Å². The van der Waals surface area contributed by atoms with Crippen molar-refractivity contribution in [3.05, 3.63) is 29.6 Å². The van der Waals surface area contributed by atoms with Gasteiger partial charge in [0.25, 0.3) is 0 Å². The van der Waals surface area contributed by atoms with E-state index in [1.807, 2.05) is 0 Å². The molecule has 1 unspecified atom stereocenters. The zero-order valence-corrected chi connectivity index (χ0v) is 9.23. The third-order valence-corrected chi connectivity index (χ3v) is 3.00. The quantitative estimate of drug-likeness (QED) is 0.799. The first-order valence-electron chi connectivity index (χ1n) is 5.44. The smallest absolute Gasteiger partial charge is 0.240 e. The Morgan fingerprint density at radius 3 is 2.88 bits per heavy atom. The number of nitrogens with two attached hydrogens (primary N) is 1. The Labute approximate surface area is 98.2 Å². The fourth-order valence-electron chi connectivity index (χ4n) is 2.18. The zero-order chi connectivity index (χ0) is 12.4. The normalized spacial score (nSPS) is 19.4. The van der Waals surface area contributed by atoms with Crippen LogP contribution in [0.15, 0.2) is 18.2 Å². The average Bonchev–Trinajstić information content (AvgIpc) is 2.77. The van der Waals surface area contributed by atoms with E-state index in [0.717, 1.165) is 6.42 Å². The van der Waals surface area contributed by atoms with E-state index in [9.17, 15) is 14.0 Å². The molecule has 17 heavy (non-hydrogen) atoms. The van der Waals surface area contributed by atoms with Gasteiger partial charge in [-0.1, -0.05) is 0 Å². The molecule has 1 aromatic rings. The van der Waals surface area contributed by atoms with Crippen LogP contribution in [0.25, 0.3) is 0 Å². The minimum atomic E-state index is -0.497. The van der Waals surface area contributed by atoms with Gasteiger partial charge in [-0.05, 0) is 31.0 Å². The summed E-state index contributed by atoms with van der Waals surface area (Å²) in [4.78, 5) is 23.4. The van der Waals surface area contributed by atoms with Crippen molar-refractivity contribution in [2.75, 3.05) is 11.4 Å². The number of hydrogen-bond acceptors (Lipinski definition) is 3. The summed E-state index contributed by atoms with van der Waals surface area (Å²) in [6.07, 6.45) is 2.04. The van der Waals surface area contributed by atoms with E-state index >= 15 is 0 Å². The van der Waals surface area contributed by atoms with Crippen molar-refractivity contribution in [2.45, 2.75) is 18.9 Å². The zero-order valence-electron chi connectivity index (χ0n) is 9.23. The van der Waals surface area contributed by atoms with Crippen molar-refractivity contribution < 1.29 is 14.0 Å². The molecule has 1 atom stereocenters. The summed E-state index contributed by atoms with van der Waals surface area (Å²) in [6, 6.07) is 3.76. The van der Waals surface area contributed by atoms with Gasteiger partial charge in [0.2, 0.25) is 5.91 Å². The number of benzene rings is 1. The van der Waals surface area contributed by atoms with E-state index in [1.165, 1.54) is 18.2 Å². The van der Waals surface area contributed by atoms with Gasteiger partial charge in [-0.2, -0.15) is 0 Å². The second-order valence-electron chi connectivity index (χ2n) is 4.08. The predicted molar refractivity (Wildman–Crippen MR) is 61.3 cm³/mol. The number of halogens is 1. The maximum absolute atomic E-state index is 13.8. The Balaban J connectivity index is 2.33. The third kappa shape index (κ3) is 2.13. The van der Waals surface area contributed by atoms with Crippen LogP contribution in [0.2, 0.25) is 0 Å². The third-order valence-electron chi connectivity index (χ3n) is 3.00. The number of amides is 1. The molecule has 4 nitrogen and oxygen atoms in total. The Hall–Kier alpha value is -1.91. The number of aldehydes is 1. The van der Waals surface area contributed by atoms with Gasteiger partial charge in [0.05, 0.1) is 5.69 Å². The van der Waals surface area contributed by atoms with Crippen LogP contribution in [0.1, 0.15) is 23.2 Å². The van der Waals surface area contributed by atoms with Crippen molar-refractivity contribution in [2.24, 2.45) is 5.73 Å². The molecule has 1 aliphatic rings. The van der Waals surface area contributed by atoms with Gasteiger partial charge in [-0.3, -0.25) is 9.59 Å². The number of anilines is 1. The van der Waals surface area contributed by atoms with E-state index in [0.29, 0.717) is 24.9 Å². The van der Waals surface area contributed by atoms with Gasteiger partial charge >= 0.3 is 0 Å². The highest BCUT2D eigenvalue weighted by Crippen LogP contribution is 2.28. The Bertz CT molecular complexity index is 462. The van der Waals surface area contributed by atoms with Crippen LogP contribution in [0.5, 0.6) is 0 Å². The van der Waals surface area contributed by atoms with Gasteiger partial charge in [0.15, 0.2) is 0 Å². The maximum Gasteiger partial charge on any atom is 0.240 e. The first-order valence-corrected chi connectivity index (χ1v) is 5.44. The lowest BCUT2D eigenvalue weighted by atomic mass is 10.1. The number of hydrogen-bond donors (Lipinski definition) is 1. The van der Waals surface area contributed by atoms with Crippen LogP contribution in [0.3, 0.4) is 0 Å². The lowest BCUT2D eigenvalue weighted by Gasteiger charge is -2.24. The summed E-state index contributed by atoms with van der Waals surface area (Å²) < 4.78 is 13.8. The summed E-state index contributed by atoms with van der Waals surface area (Å²) >= 11 is 0. The molecule has 0 radical (unpaired) electrons. The van der Waals surface area contributed by atoms with Crippen LogP contribution in [0.4, 0.5) is 10.1 Å². The Kier molecular flexibility index (Phi) is 3.08. The summed E-state index contributed by atoms with van der Waals surface area (Å²) in [5.41, 5.74) is 5.88. The summed E-state index contributed by atoms with van der Waals surface area (Å²) in [6.45, 7) is 0.602. The highest BCUT2D eigenvalue weighted by Gasteiger charge is 2.30. The molecule has 1 aliphatic heterocycles. The van der Waals surface area contributed by atoms with E-state index in [-0.39, 0.29) is 5.56 Å². The van der Waals surface area contributed by atoms with Crippen LogP contribution >= 0.6 is 0 Å². The largest absolute Gasteiger partial charge is 0.368 e. The maximum atomic E-state index is 13.8. The van der Waals surface area contributed by atoms with Crippen LogP contribution in [-0.4, -0.2) is 24.8 Å². The van der Waals surface area contributed by atoms with Crippen molar-refractivity contribution in [3.8, 4) is 0 Å². The van der Waals surface area contributed by atoms with E-state index in [4.69, 9.17) is 5.73 Å². The van der Waals surface area contributed by atoms with Crippen molar-refractivity contribution in [1.29, 1.82) is 0 Å². The predicted octanol–water partition coefficient (Wildman–Crippen LogP) is 1.09. The minimum absolute atomic E-state index is 0.279. The highest BCUT2D eigenvalue weighted by molar-refractivity contribution is 5.84. The van der Waals surface area contributed by atoms with Gasteiger partial charge in [0, 0.05) is 12.1 Å². The molecular weight excluding hydrogens is 223 g/mol. The standard InChI is InChI=1S/C12H13FN2O2/c13-9-6-8(7-16)3-4-10(9)15-5-1-2-11(15)12(14)17/h3-4,6-7,11H,1-2,5H2,(H2,14,17). The number of carbonyl (C=O) groups is 2. The topological polar surface area (TPSA) is 63.4 Å². The molecule has 1 amide bonds. The minimum Gasteiger partial charge on any atom is -0.368 e. The number of nitrogens with zero attached hydrogens (tertiary/aromatic N) is 1. The lowest BCUT2D eigenvalue weighted by molar-refractivity contribution is -0.119. The number of primary amides is 1. The molecule has 2 rings (SSSR count). The molecule has 1 heterocycles. The molecule has 1 aromatic carbocycles. The monoisotopic (exact) mass is 236 g/mol. The molecule has 1 saturated heterocycles. The number of rotatable bonds is 3. The average molecular weight is 236 g/mol. The van der Waals surface area contributed by atoms with Crippen LogP contribution in [0, 0.1) is 5.82 Å². The molecule has 2 N–H and O–H groups in total. The van der Waals surface area contributed by atoms with E-state index in [1.54, 1.807) is 4.90 Å². The SMILES string of the molecule is NC(=O)C1CCCN1c1ccc(C=O)cc1F. The summed E-state index contributed by atoms with van der Waals surface area (Å²) in [7, 11) is 0. The molecule has 0 aliphatic carbocycles. The molecule has 5 heteroatoms. The van der Waals surface area contributed by atoms with E-state index in [2.05, 4.69) is 0 Å². The van der Waals surface area contributed by atoms with Crippen molar-refractivity contribution in [3.63, 3.8) is 0 Å². The first-order chi connectivity index (χ1) is 8.13. The van der Waals surface area contributed by atoms with Crippen molar-refractivity contribution in [1.82, 2.24) is 0 Å². The molecule has 90 valence electrons. The first kappa shape index (κ1) is 11.6. The summed E-state index contributed by atoms with van der Waals surface area (Å²) in [5.74, 6) is -0.941. The van der Waals surface area contributed by atoms with Gasteiger partial charge in [-0.25, -0.2) is 4.39 Å². The molecule has 0 bridgehead atoms. The van der Waals surface area contributed by atoms with E-state index < -0.39 is 17.8 Å². The van der Waals surface area contributed by atoms with Crippen molar-refractivity contribution >= 4 is 17.9 Å². The fraction of sp³-hybridized carbons (Fsp3) is 0.333. The second-order valence-corrected chi connectivity index (χ2v) is 4.08. The molecule has 0 spiro atoms. The van der Waals surface area contributed by atoms with Crippen LogP contribution < -0.4 is 10.6 Å². The molecular formula is C12H13FN2O2. The Morgan fingerprint density at radius 1 is 1.53 bits per heavy atom. The second kappa shape index (κ2) is 4.53. The highest BCUT2D eigenvalue weighted by atomic mass is 19.1. The molecule has 1 fully saturated rings.